The zero-order valence-corrected chi connectivity index (χ0v) is 13.9. The maximum absolute atomic E-state index is 12.2. The second-order valence-corrected chi connectivity index (χ2v) is 6.21. The maximum Gasteiger partial charge on any atom is 0.246 e. The highest BCUT2D eigenvalue weighted by molar-refractivity contribution is 5.83. The minimum Gasteiger partial charge on any atom is -0.381 e. The van der Waals surface area contributed by atoms with E-state index in [0.29, 0.717) is 11.7 Å². The van der Waals surface area contributed by atoms with Crippen molar-refractivity contribution < 1.29 is 14.1 Å². The van der Waals surface area contributed by atoms with Crippen LogP contribution in [0.2, 0.25) is 0 Å². The van der Waals surface area contributed by atoms with Crippen LogP contribution in [0.4, 0.5) is 0 Å². The molecule has 3 aromatic rings. The van der Waals surface area contributed by atoms with Gasteiger partial charge in [-0.05, 0) is 30.4 Å². The number of carbonyl (C=O) groups is 1. The summed E-state index contributed by atoms with van der Waals surface area (Å²) in [6.45, 7) is 1.97. The molecule has 1 amide bonds. The molecule has 0 atom stereocenters. The molecule has 1 aliphatic heterocycles. The van der Waals surface area contributed by atoms with Gasteiger partial charge in [0.15, 0.2) is 5.82 Å². The highest BCUT2D eigenvalue weighted by Gasteiger charge is 2.21. The van der Waals surface area contributed by atoms with Gasteiger partial charge in [0.25, 0.3) is 0 Å². The van der Waals surface area contributed by atoms with Crippen molar-refractivity contribution >= 4 is 16.8 Å². The number of para-hydroxylation sites is 1. The first-order valence-electron chi connectivity index (χ1n) is 8.50. The molecule has 1 saturated heterocycles. The van der Waals surface area contributed by atoms with Gasteiger partial charge >= 0.3 is 0 Å². The topological polar surface area (TPSA) is 82.2 Å². The van der Waals surface area contributed by atoms with Gasteiger partial charge in [0.2, 0.25) is 11.8 Å². The molecular formula is C18H20N4O3. The first kappa shape index (κ1) is 15.8. The summed E-state index contributed by atoms with van der Waals surface area (Å²) < 4.78 is 12.5. The van der Waals surface area contributed by atoms with E-state index in [-0.39, 0.29) is 24.9 Å². The van der Waals surface area contributed by atoms with Gasteiger partial charge in [-0.2, -0.15) is 4.98 Å². The van der Waals surface area contributed by atoms with Gasteiger partial charge < -0.3 is 19.1 Å². The molecule has 1 fully saturated rings. The van der Waals surface area contributed by atoms with Gasteiger partial charge in [0.1, 0.15) is 6.54 Å². The Labute approximate surface area is 145 Å². The lowest BCUT2D eigenvalue weighted by molar-refractivity contribution is -0.121. The molecule has 4 rings (SSSR count). The Balaban J connectivity index is 1.33. The number of aromatic nitrogens is 3. The largest absolute Gasteiger partial charge is 0.381 e. The van der Waals surface area contributed by atoms with Crippen LogP contribution in [0.1, 0.15) is 30.5 Å². The maximum atomic E-state index is 12.2. The van der Waals surface area contributed by atoms with Gasteiger partial charge in [0, 0.05) is 30.8 Å². The lowest BCUT2D eigenvalue weighted by atomic mass is 10.00. The molecule has 0 radical (unpaired) electrons. The Morgan fingerprint density at radius 3 is 2.96 bits per heavy atom. The van der Waals surface area contributed by atoms with Gasteiger partial charge in [0.05, 0.1) is 6.54 Å². The van der Waals surface area contributed by atoms with Crippen molar-refractivity contribution in [2.24, 2.45) is 0 Å². The van der Waals surface area contributed by atoms with Crippen LogP contribution in [0.3, 0.4) is 0 Å². The number of carbonyl (C=O) groups excluding carboxylic acids is 1. The number of ether oxygens (including phenoxy) is 1. The van der Waals surface area contributed by atoms with E-state index in [1.165, 1.54) is 0 Å². The van der Waals surface area contributed by atoms with Crippen LogP contribution in [-0.2, 0) is 22.6 Å². The number of fused-ring (bicyclic) bond motifs is 1. The van der Waals surface area contributed by atoms with Crippen molar-refractivity contribution in [2.75, 3.05) is 13.2 Å². The summed E-state index contributed by atoms with van der Waals surface area (Å²) >= 11 is 0. The molecule has 7 nitrogen and oxygen atoms in total. The Hall–Kier alpha value is -2.67. The standard InChI is InChI=1S/C18H20N4O3/c23-16(12-22-8-5-13-3-1-2-4-15(13)22)19-11-17-20-18(21-25-17)14-6-9-24-10-7-14/h1-5,8,14H,6-7,9-12H2,(H,19,23). The molecule has 3 heterocycles. The number of rotatable bonds is 5. The summed E-state index contributed by atoms with van der Waals surface area (Å²) in [5, 5.41) is 7.99. The van der Waals surface area contributed by atoms with E-state index in [2.05, 4.69) is 15.5 Å². The molecule has 1 aliphatic rings. The van der Waals surface area contributed by atoms with Crippen molar-refractivity contribution in [3.63, 3.8) is 0 Å². The number of benzene rings is 1. The molecule has 0 unspecified atom stereocenters. The van der Waals surface area contributed by atoms with Gasteiger partial charge in [-0.25, -0.2) is 0 Å². The summed E-state index contributed by atoms with van der Waals surface area (Å²) in [6, 6.07) is 9.98. The Morgan fingerprint density at radius 1 is 1.24 bits per heavy atom. The third kappa shape index (κ3) is 3.56. The van der Waals surface area contributed by atoms with E-state index in [1.54, 1.807) is 0 Å². The number of nitrogens with one attached hydrogen (secondary N) is 1. The fourth-order valence-corrected chi connectivity index (χ4v) is 3.12. The first-order chi connectivity index (χ1) is 12.3. The van der Waals surface area contributed by atoms with Crippen LogP contribution < -0.4 is 5.32 Å². The lowest BCUT2D eigenvalue weighted by Crippen LogP contribution is -2.27. The number of hydrogen-bond donors (Lipinski definition) is 1. The smallest absolute Gasteiger partial charge is 0.246 e. The number of amides is 1. The van der Waals surface area contributed by atoms with Crippen molar-refractivity contribution in [1.29, 1.82) is 0 Å². The molecule has 130 valence electrons. The van der Waals surface area contributed by atoms with Crippen molar-refractivity contribution in [2.45, 2.75) is 31.8 Å². The second kappa shape index (κ2) is 7.06. The highest BCUT2D eigenvalue weighted by Crippen LogP contribution is 2.24. The Kier molecular flexibility index (Phi) is 4.47. The van der Waals surface area contributed by atoms with E-state index >= 15 is 0 Å². The normalized spacial score (nSPS) is 15.5. The summed E-state index contributed by atoms with van der Waals surface area (Å²) in [7, 11) is 0. The van der Waals surface area contributed by atoms with Gasteiger partial charge in [-0.1, -0.05) is 23.4 Å². The van der Waals surface area contributed by atoms with Gasteiger partial charge in [-0.15, -0.1) is 0 Å². The predicted molar refractivity (Wildman–Crippen MR) is 90.9 cm³/mol. The average Bonchev–Trinajstić information content (AvgIpc) is 3.28. The lowest BCUT2D eigenvalue weighted by Gasteiger charge is -2.18. The molecule has 1 N–H and O–H groups in total. The molecule has 25 heavy (non-hydrogen) atoms. The summed E-state index contributed by atoms with van der Waals surface area (Å²) in [4.78, 5) is 16.6. The van der Waals surface area contributed by atoms with Crippen molar-refractivity contribution in [3.05, 3.63) is 48.2 Å². The zero-order chi connectivity index (χ0) is 17.1. The summed E-state index contributed by atoms with van der Waals surface area (Å²) in [6.07, 6.45) is 3.73. The molecular weight excluding hydrogens is 320 g/mol. The molecule has 0 aliphatic carbocycles. The third-order valence-corrected chi connectivity index (χ3v) is 4.50. The van der Waals surface area contributed by atoms with Crippen LogP contribution in [0.5, 0.6) is 0 Å². The van der Waals surface area contributed by atoms with Crippen LogP contribution in [0, 0.1) is 0 Å². The number of hydrogen-bond acceptors (Lipinski definition) is 5. The minimum absolute atomic E-state index is 0.0906. The van der Waals surface area contributed by atoms with E-state index in [9.17, 15) is 4.79 Å². The Morgan fingerprint density at radius 2 is 2.08 bits per heavy atom. The molecule has 0 saturated carbocycles. The second-order valence-electron chi connectivity index (χ2n) is 6.21. The van der Waals surface area contributed by atoms with Crippen molar-refractivity contribution in [3.8, 4) is 0 Å². The fraction of sp³-hybridized carbons (Fsp3) is 0.389. The van der Waals surface area contributed by atoms with Crippen LogP contribution >= 0.6 is 0 Å². The number of nitrogens with zero attached hydrogens (tertiary/aromatic N) is 3. The average molecular weight is 340 g/mol. The van der Waals surface area contributed by atoms with Crippen molar-refractivity contribution in [1.82, 2.24) is 20.0 Å². The highest BCUT2D eigenvalue weighted by atomic mass is 16.5. The minimum atomic E-state index is -0.0906. The van der Waals surface area contributed by atoms with Gasteiger partial charge in [-0.3, -0.25) is 4.79 Å². The quantitative estimate of drug-likeness (QED) is 0.770. The zero-order valence-electron chi connectivity index (χ0n) is 13.9. The summed E-state index contributed by atoms with van der Waals surface area (Å²) in [5.41, 5.74) is 1.04. The monoisotopic (exact) mass is 340 g/mol. The molecule has 0 bridgehead atoms. The van der Waals surface area contributed by atoms with E-state index in [1.807, 2.05) is 41.1 Å². The summed E-state index contributed by atoms with van der Waals surface area (Å²) in [5.74, 6) is 1.34. The van der Waals surface area contributed by atoms with E-state index < -0.39 is 0 Å². The molecule has 7 heteroatoms. The van der Waals surface area contributed by atoms with E-state index in [0.717, 1.165) is 37.0 Å². The third-order valence-electron chi connectivity index (χ3n) is 4.50. The molecule has 1 aromatic carbocycles. The van der Waals surface area contributed by atoms with Crippen LogP contribution in [-0.4, -0.2) is 33.8 Å². The van der Waals surface area contributed by atoms with Crippen LogP contribution in [0.25, 0.3) is 10.9 Å². The molecule has 0 spiro atoms. The first-order valence-corrected chi connectivity index (χ1v) is 8.50. The van der Waals surface area contributed by atoms with Crippen LogP contribution in [0.15, 0.2) is 41.1 Å². The van der Waals surface area contributed by atoms with E-state index in [4.69, 9.17) is 9.26 Å². The Bertz CT molecular complexity index is 864. The fourth-order valence-electron chi connectivity index (χ4n) is 3.12. The SMILES string of the molecule is O=C(Cn1ccc2ccccc21)NCc1nc(C2CCOCC2)no1. The predicted octanol–water partition coefficient (Wildman–Crippen LogP) is 2.23. The molecule has 2 aromatic heterocycles.